The van der Waals surface area contributed by atoms with Crippen molar-refractivity contribution in [1.82, 2.24) is 9.97 Å². The Kier molecular flexibility index (Phi) is 2.33. The van der Waals surface area contributed by atoms with Gasteiger partial charge in [-0.1, -0.05) is 0 Å². The van der Waals surface area contributed by atoms with E-state index in [1.54, 1.807) is 25.3 Å². The molecule has 0 aromatic carbocycles. The summed E-state index contributed by atoms with van der Waals surface area (Å²) in [5.74, 6) is 1.14. The van der Waals surface area contributed by atoms with Crippen molar-refractivity contribution in [1.29, 1.82) is 0 Å². The average molecular weight is 202 g/mol. The van der Waals surface area contributed by atoms with E-state index in [1.165, 1.54) is 0 Å². The highest BCUT2D eigenvalue weighted by atomic mass is 16.4. The molecule has 0 saturated carbocycles. The van der Waals surface area contributed by atoms with Gasteiger partial charge in [0, 0.05) is 18.7 Å². The third-order valence-electron chi connectivity index (χ3n) is 2.08. The Bertz CT molecular complexity index is 503. The molecule has 15 heavy (non-hydrogen) atoms. The van der Waals surface area contributed by atoms with Crippen molar-refractivity contribution in [3.05, 3.63) is 35.5 Å². The summed E-state index contributed by atoms with van der Waals surface area (Å²) >= 11 is 0. The molecule has 4 heteroatoms. The number of hydrogen-bond acceptors (Lipinski definition) is 4. The molecule has 2 aromatic heterocycles. The molecule has 0 amide bonds. The normalized spacial score (nSPS) is 10.3. The van der Waals surface area contributed by atoms with E-state index >= 15 is 0 Å². The zero-order valence-electron chi connectivity index (χ0n) is 8.52. The predicted octanol–water partition coefficient (Wildman–Crippen LogP) is 2.17. The summed E-state index contributed by atoms with van der Waals surface area (Å²) in [5, 5.41) is 0. The van der Waals surface area contributed by atoms with Crippen LogP contribution in [0.1, 0.15) is 21.9 Å². The maximum Gasteiger partial charge on any atom is 0.192 e. The van der Waals surface area contributed by atoms with Gasteiger partial charge in [-0.05, 0) is 19.1 Å². The number of oxazole rings is 1. The van der Waals surface area contributed by atoms with Gasteiger partial charge in [0.25, 0.3) is 0 Å². The molecule has 0 unspecified atom stereocenters. The van der Waals surface area contributed by atoms with Crippen molar-refractivity contribution in [2.75, 3.05) is 0 Å². The van der Waals surface area contributed by atoms with Crippen LogP contribution in [0.5, 0.6) is 0 Å². The van der Waals surface area contributed by atoms with Crippen LogP contribution in [0, 0.1) is 13.8 Å². The third kappa shape index (κ3) is 1.66. The molecule has 0 aliphatic carbocycles. The molecular formula is C11H10N2O2. The SMILES string of the molecule is Cc1nc(C)c(-c2ncccc2C=O)o1. The van der Waals surface area contributed by atoms with Crippen LogP contribution in [0.3, 0.4) is 0 Å². The third-order valence-corrected chi connectivity index (χ3v) is 2.08. The summed E-state index contributed by atoms with van der Waals surface area (Å²) in [5.41, 5.74) is 1.80. The number of rotatable bonds is 2. The summed E-state index contributed by atoms with van der Waals surface area (Å²) in [4.78, 5) is 19.1. The Morgan fingerprint density at radius 1 is 1.40 bits per heavy atom. The minimum Gasteiger partial charge on any atom is -0.439 e. The van der Waals surface area contributed by atoms with E-state index in [1.807, 2.05) is 6.92 Å². The number of pyridine rings is 1. The molecule has 0 aliphatic heterocycles. The average Bonchev–Trinajstić information content (AvgIpc) is 2.57. The van der Waals surface area contributed by atoms with Gasteiger partial charge >= 0.3 is 0 Å². The fourth-order valence-electron chi connectivity index (χ4n) is 1.45. The lowest BCUT2D eigenvalue weighted by molar-refractivity contribution is 0.112. The van der Waals surface area contributed by atoms with Crippen molar-refractivity contribution in [3.8, 4) is 11.5 Å². The molecule has 2 rings (SSSR count). The topological polar surface area (TPSA) is 56.0 Å². The fraction of sp³-hybridized carbons (Fsp3) is 0.182. The van der Waals surface area contributed by atoms with Crippen molar-refractivity contribution in [2.45, 2.75) is 13.8 Å². The molecule has 76 valence electrons. The number of aromatic nitrogens is 2. The first-order chi connectivity index (χ1) is 7.22. The minimum absolute atomic E-state index is 0.511. The minimum atomic E-state index is 0.511. The molecule has 0 radical (unpaired) electrons. The van der Waals surface area contributed by atoms with E-state index in [4.69, 9.17) is 4.42 Å². The summed E-state index contributed by atoms with van der Waals surface area (Å²) in [6.45, 7) is 3.59. The van der Waals surface area contributed by atoms with Gasteiger partial charge < -0.3 is 4.42 Å². The summed E-state index contributed by atoms with van der Waals surface area (Å²) in [6.07, 6.45) is 2.39. The molecule has 4 nitrogen and oxygen atoms in total. The van der Waals surface area contributed by atoms with Gasteiger partial charge in [-0.3, -0.25) is 9.78 Å². The zero-order valence-corrected chi connectivity index (χ0v) is 8.52. The van der Waals surface area contributed by atoms with Crippen molar-refractivity contribution in [2.24, 2.45) is 0 Å². The molecule has 0 saturated heterocycles. The molecule has 0 atom stereocenters. The second-order valence-corrected chi connectivity index (χ2v) is 3.21. The van der Waals surface area contributed by atoms with E-state index < -0.39 is 0 Å². The molecular weight excluding hydrogens is 192 g/mol. The standard InChI is InChI=1S/C11H10N2O2/c1-7-11(15-8(2)13-7)10-9(6-14)4-3-5-12-10/h3-6H,1-2H3. The van der Waals surface area contributed by atoms with Crippen molar-refractivity contribution < 1.29 is 9.21 Å². The fourth-order valence-corrected chi connectivity index (χ4v) is 1.45. The Balaban J connectivity index is 2.63. The highest BCUT2D eigenvalue weighted by molar-refractivity contribution is 5.84. The maximum absolute atomic E-state index is 10.8. The van der Waals surface area contributed by atoms with Gasteiger partial charge in [-0.2, -0.15) is 0 Å². The summed E-state index contributed by atoms with van der Waals surface area (Å²) in [6, 6.07) is 3.42. The predicted molar refractivity (Wildman–Crippen MR) is 54.6 cm³/mol. The van der Waals surface area contributed by atoms with Crippen LogP contribution in [0.2, 0.25) is 0 Å². The lowest BCUT2D eigenvalue weighted by atomic mass is 10.1. The largest absolute Gasteiger partial charge is 0.439 e. The van der Waals surface area contributed by atoms with Gasteiger partial charge in [-0.25, -0.2) is 4.98 Å². The first kappa shape index (κ1) is 9.58. The van der Waals surface area contributed by atoms with E-state index in [0.717, 1.165) is 12.0 Å². The molecule has 2 aromatic rings. The molecule has 2 heterocycles. The number of nitrogens with zero attached hydrogens (tertiary/aromatic N) is 2. The Morgan fingerprint density at radius 3 is 2.80 bits per heavy atom. The lowest BCUT2D eigenvalue weighted by Gasteiger charge is -1.99. The lowest BCUT2D eigenvalue weighted by Crippen LogP contribution is -1.90. The van der Waals surface area contributed by atoms with Crippen LogP contribution in [0.25, 0.3) is 11.5 Å². The van der Waals surface area contributed by atoms with Gasteiger partial charge in [0.1, 0.15) is 5.69 Å². The Morgan fingerprint density at radius 2 is 2.20 bits per heavy atom. The molecule has 0 N–H and O–H groups in total. The van der Waals surface area contributed by atoms with E-state index in [2.05, 4.69) is 9.97 Å². The smallest absolute Gasteiger partial charge is 0.192 e. The Hall–Kier alpha value is -1.97. The highest BCUT2D eigenvalue weighted by Crippen LogP contribution is 2.24. The monoisotopic (exact) mass is 202 g/mol. The second-order valence-electron chi connectivity index (χ2n) is 3.21. The van der Waals surface area contributed by atoms with Crippen molar-refractivity contribution in [3.63, 3.8) is 0 Å². The highest BCUT2D eigenvalue weighted by Gasteiger charge is 2.13. The quantitative estimate of drug-likeness (QED) is 0.700. The van der Waals surface area contributed by atoms with Gasteiger partial charge in [-0.15, -0.1) is 0 Å². The molecule has 0 fully saturated rings. The number of aryl methyl sites for hydroxylation is 2. The van der Waals surface area contributed by atoms with Crippen LogP contribution in [0.15, 0.2) is 22.7 Å². The van der Waals surface area contributed by atoms with Gasteiger partial charge in [0.05, 0.1) is 5.69 Å². The number of hydrogen-bond donors (Lipinski definition) is 0. The van der Waals surface area contributed by atoms with Crippen LogP contribution in [0.4, 0.5) is 0 Å². The maximum atomic E-state index is 10.8. The van der Waals surface area contributed by atoms with Crippen LogP contribution < -0.4 is 0 Å². The Labute approximate surface area is 87.0 Å². The van der Waals surface area contributed by atoms with Crippen LogP contribution in [-0.2, 0) is 0 Å². The van der Waals surface area contributed by atoms with E-state index in [0.29, 0.717) is 22.9 Å². The first-order valence-electron chi connectivity index (χ1n) is 4.57. The van der Waals surface area contributed by atoms with Gasteiger partial charge in [0.2, 0.25) is 0 Å². The zero-order chi connectivity index (χ0) is 10.8. The van der Waals surface area contributed by atoms with Crippen LogP contribution in [-0.4, -0.2) is 16.3 Å². The molecule has 0 bridgehead atoms. The van der Waals surface area contributed by atoms with Crippen molar-refractivity contribution >= 4 is 6.29 Å². The second kappa shape index (κ2) is 3.65. The molecule has 0 aliphatic rings. The summed E-state index contributed by atoms with van der Waals surface area (Å²) in [7, 11) is 0. The first-order valence-corrected chi connectivity index (χ1v) is 4.57. The summed E-state index contributed by atoms with van der Waals surface area (Å²) < 4.78 is 5.41. The molecule has 0 spiro atoms. The van der Waals surface area contributed by atoms with E-state index in [9.17, 15) is 4.79 Å². The number of carbonyl (C=O) groups is 1. The van der Waals surface area contributed by atoms with E-state index in [-0.39, 0.29) is 0 Å². The van der Waals surface area contributed by atoms with Gasteiger partial charge in [0.15, 0.2) is 17.9 Å². The number of aldehydes is 1. The van der Waals surface area contributed by atoms with Crippen LogP contribution >= 0.6 is 0 Å². The number of carbonyl (C=O) groups excluding carboxylic acids is 1.